The van der Waals surface area contributed by atoms with Crippen LogP contribution < -0.4 is 0 Å². The van der Waals surface area contributed by atoms with Crippen LogP contribution in [0.15, 0.2) is 71.6 Å². The Morgan fingerprint density at radius 3 is 2.75 bits per heavy atom. The van der Waals surface area contributed by atoms with Gasteiger partial charge in [-0.05, 0) is 42.3 Å². The number of hydrogen-bond acceptors (Lipinski definition) is 5. The lowest BCUT2D eigenvalue weighted by Gasteiger charge is -2.37. The molecule has 1 amide bonds. The summed E-state index contributed by atoms with van der Waals surface area (Å²) in [5.41, 5.74) is 0.931. The molecule has 0 bridgehead atoms. The summed E-state index contributed by atoms with van der Waals surface area (Å²) in [6, 6.07) is 14.5. The maximum absolute atomic E-state index is 13.5. The predicted octanol–water partition coefficient (Wildman–Crippen LogP) is 3.38. The first-order chi connectivity index (χ1) is 13.5. The second-order valence-electron chi connectivity index (χ2n) is 7.06. The van der Waals surface area contributed by atoms with Crippen molar-refractivity contribution in [1.82, 2.24) is 9.88 Å². The van der Waals surface area contributed by atoms with E-state index in [4.69, 9.17) is 9.15 Å². The summed E-state index contributed by atoms with van der Waals surface area (Å²) >= 11 is 0. The molecule has 0 saturated carbocycles. The molecule has 0 radical (unpaired) electrons. The maximum atomic E-state index is 13.5. The van der Waals surface area contributed by atoms with E-state index in [-0.39, 0.29) is 12.5 Å². The number of carbonyl (C=O) groups is 2. The molecule has 1 aliphatic rings. The Kier molecular flexibility index (Phi) is 4.69. The second kappa shape index (κ2) is 7.31. The number of carbonyl (C=O) groups excluding carboxylic acids is 2. The summed E-state index contributed by atoms with van der Waals surface area (Å²) in [6.45, 7) is 2.28. The van der Waals surface area contributed by atoms with E-state index in [2.05, 4.69) is 4.98 Å². The highest BCUT2D eigenvalue weighted by molar-refractivity contribution is 5.97. The van der Waals surface area contributed by atoms with Crippen molar-refractivity contribution >= 4 is 11.9 Å². The number of cyclic esters (lactones) is 1. The first-order valence-electron chi connectivity index (χ1n) is 9.07. The summed E-state index contributed by atoms with van der Waals surface area (Å²) < 4.78 is 11.1. The van der Waals surface area contributed by atoms with Gasteiger partial charge < -0.3 is 14.1 Å². The van der Waals surface area contributed by atoms with Crippen LogP contribution in [0.2, 0.25) is 0 Å². The minimum absolute atomic E-state index is 0.268. The first-order valence-corrected chi connectivity index (χ1v) is 9.07. The average molecular weight is 376 g/mol. The van der Waals surface area contributed by atoms with Gasteiger partial charge >= 0.3 is 5.97 Å². The smallest absolute Gasteiger partial charge is 0.339 e. The van der Waals surface area contributed by atoms with Gasteiger partial charge in [0.2, 0.25) is 0 Å². The lowest BCUT2D eigenvalue weighted by molar-refractivity contribution is -0.152. The highest BCUT2D eigenvalue weighted by Crippen LogP contribution is 2.30. The van der Waals surface area contributed by atoms with Crippen molar-refractivity contribution in [3.8, 4) is 0 Å². The zero-order valence-electron chi connectivity index (χ0n) is 15.5. The van der Waals surface area contributed by atoms with Crippen molar-refractivity contribution in [3.63, 3.8) is 0 Å². The number of benzene rings is 1. The lowest BCUT2D eigenvalue weighted by Crippen LogP contribution is -2.52. The highest BCUT2D eigenvalue weighted by atomic mass is 16.6. The molecule has 1 aromatic carbocycles. The van der Waals surface area contributed by atoms with Crippen LogP contribution in [0.4, 0.5) is 0 Å². The number of ether oxygens (including phenoxy) is 1. The highest BCUT2D eigenvalue weighted by Gasteiger charge is 2.45. The molecule has 142 valence electrons. The van der Waals surface area contributed by atoms with Crippen LogP contribution in [0.1, 0.15) is 34.2 Å². The fourth-order valence-corrected chi connectivity index (χ4v) is 3.49. The third-order valence-electron chi connectivity index (χ3n) is 4.85. The topological polar surface area (TPSA) is 72.6 Å². The molecule has 1 atom stereocenters. The van der Waals surface area contributed by atoms with Gasteiger partial charge in [-0.15, -0.1) is 0 Å². The standard InChI is InChI=1S/C22H20N2O4/c1-22(12-17-7-2-3-9-19(17)20(25)28-22)21(26)24(15-18-8-5-11-27-18)14-16-6-4-10-23-13-16/h2-11,13H,12,14-15H2,1H3. The summed E-state index contributed by atoms with van der Waals surface area (Å²) in [6.07, 6.45) is 5.30. The number of hydrogen-bond donors (Lipinski definition) is 0. The van der Waals surface area contributed by atoms with Crippen molar-refractivity contribution in [3.05, 3.63) is 89.6 Å². The minimum atomic E-state index is -1.28. The van der Waals surface area contributed by atoms with Crippen molar-refractivity contribution in [2.24, 2.45) is 0 Å². The summed E-state index contributed by atoms with van der Waals surface area (Å²) in [5, 5.41) is 0. The van der Waals surface area contributed by atoms with E-state index in [9.17, 15) is 9.59 Å². The van der Waals surface area contributed by atoms with E-state index >= 15 is 0 Å². The monoisotopic (exact) mass is 376 g/mol. The SMILES string of the molecule is CC1(C(=O)N(Cc2cccnc2)Cc2ccco2)Cc2ccccc2C(=O)O1. The Balaban J connectivity index is 1.63. The number of nitrogens with zero attached hydrogens (tertiary/aromatic N) is 2. The second-order valence-corrected chi connectivity index (χ2v) is 7.06. The molecular weight excluding hydrogens is 356 g/mol. The fourth-order valence-electron chi connectivity index (χ4n) is 3.49. The predicted molar refractivity (Wildman–Crippen MR) is 101 cm³/mol. The molecule has 0 saturated heterocycles. The van der Waals surface area contributed by atoms with Gasteiger partial charge in [0.25, 0.3) is 5.91 Å². The third-order valence-corrected chi connectivity index (χ3v) is 4.85. The molecule has 0 N–H and O–H groups in total. The van der Waals surface area contributed by atoms with Gasteiger partial charge in [-0.1, -0.05) is 24.3 Å². The first kappa shape index (κ1) is 18.0. The van der Waals surface area contributed by atoms with E-state index in [0.29, 0.717) is 24.3 Å². The van der Waals surface area contributed by atoms with Crippen LogP contribution in [0.3, 0.4) is 0 Å². The number of pyridine rings is 1. The van der Waals surface area contributed by atoms with Crippen LogP contribution in [-0.4, -0.2) is 27.4 Å². The van der Waals surface area contributed by atoms with Crippen LogP contribution in [0.5, 0.6) is 0 Å². The van der Waals surface area contributed by atoms with E-state index < -0.39 is 11.6 Å². The normalized spacial score (nSPS) is 18.2. The molecule has 0 aliphatic carbocycles. The molecule has 0 spiro atoms. The minimum Gasteiger partial charge on any atom is -0.467 e. The number of fused-ring (bicyclic) bond motifs is 1. The van der Waals surface area contributed by atoms with Gasteiger partial charge in [0.05, 0.1) is 18.4 Å². The molecule has 1 aliphatic heterocycles. The Bertz CT molecular complexity index is 985. The van der Waals surface area contributed by atoms with Crippen LogP contribution in [0, 0.1) is 0 Å². The average Bonchev–Trinajstić information content (AvgIpc) is 3.21. The summed E-state index contributed by atoms with van der Waals surface area (Å²) in [4.78, 5) is 31.7. The molecule has 0 fully saturated rings. The van der Waals surface area contributed by atoms with E-state index in [1.54, 1.807) is 48.7 Å². The molecule has 2 aromatic heterocycles. The summed E-state index contributed by atoms with van der Waals surface area (Å²) in [7, 11) is 0. The number of aromatic nitrogens is 1. The Labute approximate surface area is 162 Å². The van der Waals surface area contributed by atoms with Gasteiger partial charge in [-0.25, -0.2) is 4.79 Å². The van der Waals surface area contributed by atoms with Gasteiger partial charge in [0.15, 0.2) is 5.60 Å². The Hall–Kier alpha value is -3.41. The van der Waals surface area contributed by atoms with Crippen LogP contribution in [-0.2, 0) is 29.0 Å². The molecule has 1 unspecified atom stereocenters. The molecule has 3 heterocycles. The molecule has 6 nitrogen and oxygen atoms in total. The fraction of sp³-hybridized carbons (Fsp3) is 0.227. The Morgan fingerprint density at radius 1 is 1.14 bits per heavy atom. The Morgan fingerprint density at radius 2 is 2.00 bits per heavy atom. The van der Waals surface area contributed by atoms with Gasteiger partial charge in [-0.3, -0.25) is 9.78 Å². The number of rotatable bonds is 5. The van der Waals surface area contributed by atoms with Gasteiger partial charge in [0.1, 0.15) is 5.76 Å². The number of esters is 1. The maximum Gasteiger partial charge on any atom is 0.339 e. The zero-order chi connectivity index (χ0) is 19.6. The van der Waals surface area contributed by atoms with E-state index in [1.807, 2.05) is 30.3 Å². The van der Waals surface area contributed by atoms with Crippen molar-refractivity contribution in [2.75, 3.05) is 0 Å². The van der Waals surface area contributed by atoms with Crippen molar-refractivity contribution in [1.29, 1.82) is 0 Å². The van der Waals surface area contributed by atoms with Crippen LogP contribution in [0.25, 0.3) is 0 Å². The molecule has 4 rings (SSSR count). The van der Waals surface area contributed by atoms with Crippen LogP contribution >= 0.6 is 0 Å². The number of furan rings is 1. The molecule has 3 aromatic rings. The quantitative estimate of drug-likeness (QED) is 0.639. The zero-order valence-corrected chi connectivity index (χ0v) is 15.5. The molecular formula is C22H20N2O4. The summed E-state index contributed by atoms with van der Waals surface area (Å²) in [5.74, 6) is -0.0870. The molecule has 28 heavy (non-hydrogen) atoms. The number of amides is 1. The lowest BCUT2D eigenvalue weighted by atomic mass is 9.88. The van der Waals surface area contributed by atoms with Crippen molar-refractivity contribution in [2.45, 2.75) is 32.0 Å². The van der Waals surface area contributed by atoms with Gasteiger partial charge in [-0.2, -0.15) is 0 Å². The van der Waals surface area contributed by atoms with E-state index in [1.165, 1.54) is 0 Å². The third kappa shape index (κ3) is 3.53. The van der Waals surface area contributed by atoms with E-state index in [0.717, 1.165) is 11.1 Å². The van der Waals surface area contributed by atoms with Gasteiger partial charge in [0, 0.05) is 25.4 Å². The largest absolute Gasteiger partial charge is 0.467 e. The molecule has 6 heteroatoms. The van der Waals surface area contributed by atoms with Crippen molar-refractivity contribution < 1.29 is 18.7 Å².